The van der Waals surface area contributed by atoms with Crippen LogP contribution in [0.1, 0.15) is 11.1 Å². The summed E-state index contributed by atoms with van der Waals surface area (Å²) in [5.74, 6) is -0.0914. The zero-order chi connectivity index (χ0) is 21.1. The molecule has 0 aliphatic carbocycles. The topological polar surface area (TPSA) is 54.3 Å². The maximum atomic E-state index is 12.8. The normalized spacial score (nSPS) is 11.3. The van der Waals surface area contributed by atoms with Gasteiger partial charge in [0.05, 0.1) is 11.0 Å². The third-order valence-corrected chi connectivity index (χ3v) is 5.19. The lowest BCUT2D eigenvalue weighted by molar-refractivity contribution is -0.121. The van der Waals surface area contributed by atoms with Gasteiger partial charge in [0.2, 0.25) is 5.91 Å². The van der Waals surface area contributed by atoms with Crippen molar-refractivity contribution in [1.29, 1.82) is 0 Å². The van der Waals surface area contributed by atoms with Crippen molar-refractivity contribution in [2.24, 2.45) is 0 Å². The Morgan fingerprint density at radius 2 is 1.37 bits per heavy atom. The van der Waals surface area contributed by atoms with Gasteiger partial charge in [0.15, 0.2) is 5.43 Å². The third-order valence-electron chi connectivity index (χ3n) is 5.19. The van der Waals surface area contributed by atoms with Crippen molar-refractivity contribution in [2.75, 3.05) is 14.1 Å². The Morgan fingerprint density at radius 1 is 0.833 bits per heavy atom. The monoisotopic (exact) mass is 399 g/mol. The molecule has 4 rings (SSSR count). The van der Waals surface area contributed by atoms with Gasteiger partial charge in [0.1, 0.15) is 6.54 Å². The molecule has 4 aromatic rings. The molecule has 152 valence electrons. The van der Waals surface area contributed by atoms with E-state index in [0.717, 1.165) is 23.1 Å². The average molecular weight is 399 g/mol. The summed E-state index contributed by atoms with van der Waals surface area (Å²) in [7, 11) is 4.08. The van der Waals surface area contributed by atoms with Gasteiger partial charge in [-0.1, -0.05) is 48.5 Å². The molecule has 1 amide bonds. The van der Waals surface area contributed by atoms with E-state index >= 15 is 0 Å². The molecule has 0 radical (unpaired) electrons. The number of carbonyl (C=O) groups excluding carboxylic acids is 1. The number of hydrogen-bond acceptors (Lipinski definition) is 3. The van der Waals surface area contributed by atoms with Gasteiger partial charge in [-0.3, -0.25) is 9.59 Å². The summed E-state index contributed by atoms with van der Waals surface area (Å²) in [6.45, 7) is 1.51. The molecule has 0 spiro atoms. The molecule has 0 unspecified atom stereocenters. The van der Waals surface area contributed by atoms with E-state index in [4.69, 9.17) is 0 Å². The fourth-order valence-corrected chi connectivity index (χ4v) is 3.78. The average Bonchev–Trinajstić information content (AvgIpc) is 2.76. The van der Waals surface area contributed by atoms with Crippen LogP contribution < -0.4 is 10.7 Å². The predicted molar refractivity (Wildman–Crippen MR) is 121 cm³/mol. The van der Waals surface area contributed by atoms with Crippen molar-refractivity contribution in [3.8, 4) is 0 Å². The van der Waals surface area contributed by atoms with Crippen LogP contribution in [0.3, 0.4) is 0 Å². The summed E-state index contributed by atoms with van der Waals surface area (Å²) < 4.78 is 1.92. The highest BCUT2D eigenvalue weighted by molar-refractivity contribution is 5.94. The number of aromatic nitrogens is 1. The number of carbonyl (C=O) groups is 1. The molecule has 0 bridgehead atoms. The summed E-state index contributed by atoms with van der Waals surface area (Å²) in [6, 6.07) is 23.1. The summed E-state index contributed by atoms with van der Waals surface area (Å²) in [5, 5.41) is 4.25. The minimum absolute atomic E-state index is 0.00401. The van der Waals surface area contributed by atoms with Crippen molar-refractivity contribution in [3.05, 3.63) is 94.1 Å². The quantitative estimate of drug-likeness (QED) is 0.505. The lowest BCUT2D eigenvalue weighted by atomic mass is 10.1. The minimum Gasteiger partial charge on any atom is -0.350 e. The summed E-state index contributed by atoms with van der Waals surface area (Å²) in [5.41, 5.74) is 3.83. The largest absolute Gasteiger partial charge is 0.350 e. The van der Waals surface area contributed by atoms with Crippen molar-refractivity contribution in [2.45, 2.75) is 19.6 Å². The van der Waals surface area contributed by atoms with Crippen molar-refractivity contribution >= 4 is 27.7 Å². The second kappa shape index (κ2) is 8.51. The van der Waals surface area contributed by atoms with Crippen LogP contribution in [0.4, 0.5) is 0 Å². The Morgan fingerprint density at radius 3 is 1.93 bits per heavy atom. The van der Waals surface area contributed by atoms with Gasteiger partial charge in [0, 0.05) is 23.9 Å². The number of hydrogen-bond donors (Lipinski definition) is 1. The van der Waals surface area contributed by atoms with Crippen LogP contribution in [0.5, 0.6) is 0 Å². The number of fused-ring (bicyclic) bond motifs is 2. The molecule has 1 aromatic heterocycles. The predicted octanol–water partition coefficient (Wildman–Crippen LogP) is 3.53. The molecule has 0 aliphatic heterocycles. The second-order valence-corrected chi connectivity index (χ2v) is 7.78. The summed E-state index contributed by atoms with van der Waals surface area (Å²) in [4.78, 5) is 27.7. The number of para-hydroxylation sites is 2. The van der Waals surface area contributed by atoms with Crippen LogP contribution in [-0.2, 0) is 24.4 Å². The lowest BCUT2D eigenvalue weighted by Crippen LogP contribution is -2.28. The maximum absolute atomic E-state index is 12.8. The Labute approximate surface area is 175 Å². The Kier molecular flexibility index (Phi) is 5.63. The minimum atomic E-state index is -0.0914. The van der Waals surface area contributed by atoms with Crippen LogP contribution in [-0.4, -0.2) is 29.5 Å². The van der Waals surface area contributed by atoms with E-state index in [2.05, 4.69) is 22.3 Å². The van der Waals surface area contributed by atoms with E-state index in [1.807, 2.05) is 79.3 Å². The van der Waals surface area contributed by atoms with Gasteiger partial charge in [-0.15, -0.1) is 0 Å². The molecule has 0 saturated carbocycles. The molecular formula is C25H25N3O2. The van der Waals surface area contributed by atoms with Crippen LogP contribution >= 0.6 is 0 Å². The third kappa shape index (κ3) is 4.11. The van der Waals surface area contributed by atoms with Crippen molar-refractivity contribution < 1.29 is 4.79 Å². The van der Waals surface area contributed by atoms with Gasteiger partial charge < -0.3 is 14.8 Å². The van der Waals surface area contributed by atoms with E-state index in [1.165, 1.54) is 5.56 Å². The highest BCUT2D eigenvalue weighted by atomic mass is 16.2. The molecule has 30 heavy (non-hydrogen) atoms. The smallest absolute Gasteiger partial charge is 0.240 e. The van der Waals surface area contributed by atoms with Crippen LogP contribution in [0.25, 0.3) is 21.8 Å². The van der Waals surface area contributed by atoms with E-state index in [9.17, 15) is 9.59 Å². The highest BCUT2D eigenvalue weighted by Gasteiger charge is 2.12. The first kappa shape index (κ1) is 19.9. The Bertz CT molecular complexity index is 1200. The number of benzene rings is 3. The molecule has 3 aromatic carbocycles. The van der Waals surface area contributed by atoms with Crippen molar-refractivity contribution in [3.63, 3.8) is 0 Å². The van der Waals surface area contributed by atoms with Crippen molar-refractivity contribution in [1.82, 2.24) is 14.8 Å². The standard InChI is InChI=1S/C25H25N3O2/c1-27(2)16-19-13-11-18(12-14-19)15-26-24(29)17-28-22-9-5-3-7-20(22)25(30)21-8-4-6-10-23(21)28/h3-14H,15-17H2,1-2H3,(H,26,29). The molecule has 0 atom stereocenters. The summed E-state index contributed by atoms with van der Waals surface area (Å²) >= 11 is 0. The molecule has 1 N–H and O–H groups in total. The number of pyridine rings is 1. The molecule has 0 saturated heterocycles. The Hall–Kier alpha value is -3.44. The fraction of sp³-hybridized carbons (Fsp3) is 0.200. The van der Waals surface area contributed by atoms with E-state index in [1.54, 1.807) is 0 Å². The fourth-order valence-electron chi connectivity index (χ4n) is 3.78. The first-order valence-electron chi connectivity index (χ1n) is 10.0. The zero-order valence-electron chi connectivity index (χ0n) is 17.3. The number of amides is 1. The van der Waals surface area contributed by atoms with Gasteiger partial charge in [0.25, 0.3) is 0 Å². The van der Waals surface area contributed by atoms with Crippen LogP contribution in [0.15, 0.2) is 77.6 Å². The maximum Gasteiger partial charge on any atom is 0.240 e. The highest BCUT2D eigenvalue weighted by Crippen LogP contribution is 2.19. The van der Waals surface area contributed by atoms with Gasteiger partial charge in [-0.05, 0) is 49.5 Å². The van der Waals surface area contributed by atoms with Gasteiger partial charge in [-0.2, -0.15) is 0 Å². The molecule has 5 nitrogen and oxygen atoms in total. The SMILES string of the molecule is CN(C)Cc1ccc(CNC(=O)Cn2c3ccccc3c(=O)c3ccccc32)cc1. The van der Waals surface area contributed by atoms with E-state index in [-0.39, 0.29) is 17.9 Å². The van der Waals surface area contributed by atoms with Crippen LogP contribution in [0.2, 0.25) is 0 Å². The molecule has 5 heteroatoms. The molecule has 0 aliphatic rings. The molecule has 1 heterocycles. The Balaban J connectivity index is 1.56. The van der Waals surface area contributed by atoms with Gasteiger partial charge in [-0.25, -0.2) is 0 Å². The second-order valence-electron chi connectivity index (χ2n) is 7.78. The zero-order valence-corrected chi connectivity index (χ0v) is 17.3. The summed E-state index contributed by atoms with van der Waals surface area (Å²) in [6.07, 6.45) is 0. The van der Waals surface area contributed by atoms with E-state index in [0.29, 0.717) is 17.3 Å². The first-order valence-corrected chi connectivity index (χ1v) is 10.0. The lowest BCUT2D eigenvalue weighted by Gasteiger charge is -2.15. The number of nitrogens with zero attached hydrogens (tertiary/aromatic N) is 2. The molecular weight excluding hydrogens is 374 g/mol. The van der Waals surface area contributed by atoms with Crippen LogP contribution in [0, 0.1) is 0 Å². The molecule has 0 fully saturated rings. The number of rotatable bonds is 6. The first-order chi connectivity index (χ1) is 14.5. The number of nitrogens with one attached hydrogen (secondary N) is 1. The van der Waals surface area contributed by atoms with Gasteiger partial charge >= 0.3 is 0 Å². The van der Waals surface area contributed by atoms with E-state index < -0.39 is 0 Å².